The van der Waals surface area contributed by atoms with Crippen molar-refractivity contribution in [3.63, 3.8) is 0 Å². The Kier molecular flexibility index (Phi) is 19.0. The van der Waals surface area contributed by atoms with Crippen LogP contribution in [0.2, 0.25) is 0 Å². The second-order valence-corrected chi connectivity index (χ2v) is 9.28. The van der Waals surface area contributed by atoms with Crippen molar-refractivity contribution in [3.05, 3.63) is 24.3 Å². The van der Waals surface area contributed by atoms with Crippen molar-refractivity contribution in [2.45, 2.75) is 136 Å². The molecule has 0 aliphatic rings. The van der Waals surface area contributed by atoms with Crippen LogP contribution in [-0.2, 0) is 4.79 Å². The van der Waals surface area contributed by atoms with Crippen LogP contribution in [0, 0.1) is 0 Å². The van der Waals surface area contributed by atoms with Crippen LogP contribution in [0.3, 0.4) is 0 Å². The fourth-order valence-electron chi connectivity index (χ4n) is 4.08. The number of unbranched alkanes of at least 4 members (excludes halogenated alkanes) is 17. The zero-order chi connectivity index (χ0) is 23.1. The minimum atomic E-state index is 0.0393. The fraction of sp³-hybridized carbons (Fsp3) is 0.759. The maximum absolute atomic E-state index is 11.4. The molecule has 0 aliphatic carbocycles. The van der Waals surface area contributed by atoms with Crippen LogP contribution in [-0.4, -0.2) is 12.5 Å². The predicted molar refractivity (Wildman–Crippen MR) is 140 cm³/mol. The van der Waals surface area contributed by atoms with Crippen molar-refractivity contribution in [1.29, 1.82) is 0 Å². The first-order chi connectivity index (χ1) is 15.8. The number of hydrogen-bond donors (Lipinski definition) is 1. The molecule has 1 rings (SSSR count). The number of amides is 1. The summed E-state index contributed by atoms with van der Waals surface area (Å²) in [7, 11) is 0. The quantitative estimate of drug-likeness (QED) is 0.180. The Hall–Kier alpha value is -1.51. The minimum absolute atomic E-state index is 0.0393. The molecule has 0 unspecified atom stereocenters. The molecule has 0 spiro atoms. The van der Waals surface area contributed by atoms with Crippen LogP contribution in [0.15, 0.2) is 24.3 Å². The monoisotopic (exact) mass is 445 g/mol. The highest BCUT2D eigenvalue weighted by molar-refractivity contribution is 5.90. The van der Waals surface area contributed by atoms with Gasteiger partial charge in [0.2, 0.25) is 5.91 Å². The molecule has 0 aliphatic heterocycles. The van der Waals surface area contributed by atoms with E-state index in [1.54, 1.807) is 0 Å². The van der Waals surface area contributed by atoms with Gasteiger partial charge in [0, 0.05) is 12.1 Å². The molecular weight excluding hydrogens is 394 g/mol. The molecule has 0 saturated carbocycles. The molecule has 1 amide bonds. The predicted octanol–water partition coefficient (Wildman–Crippen LogP) is 9.46. The van der Waals surface area contributed by atoms with Gasteiger partial charge in [-0.3, -0.25) is 4.79 Å². The maximum atomic E-state index is 11.4. The van der Waals surface area contributed by atoms with Crippen molar-refractivity contribution in [1.82, 2.24) is 0 Å². The van der Waals surface area contributed by atoms with Gasteiger partial charge in [0.05, 0.1) is 6.61 Å². The molecule has 3 nitrogen and oxygen atoms in total. The lowest BCUT2D eigenvalue weighted by Gasteiger charge is -2.08. The van der Waals surface area contributed by atoms with E-state index in [9.17, 15) is 4.79 Å². The van der Waals surface area contributed by atoms with E-state index < -0.39 is 0 Å². The Bertz CT molecular complexity index is 541. The van der Waals surface area contributed by atoms with Gasteiger partial charge in [0.25, 0.3) is 0 Å². The second-order valence-electron chi connectivity index (χ2n) is 9.28. The maximum Gasteiger partial charge on any atom is 0.224 e. The third-order valence-corrected chi connectivity index (χ3v) is 6.23. The Labute approximate surface area is 199 Å². The van der Waals surface area contributed by atoms with Gasteiger partial charge in [-0.25, -0.2) is 0 Å². The van der Waals surface area contributed by atoms with E-state index in [1.807, 2.05) is 31.2 Å². The second kappa shape index (κ2) is 21.3. The Balaban J connectivity index is 1.79. The Morgan fingerprint density at radius 3 is 1.44 bits per heavy atom. The summed E-state index contributed by atoms with van der Waals surface area (Å²) in [5.74, 6) is 0.920. The fourth-order valence-corrected chi connectivity index (χ4v) is 4.08. The number of rotatable bonds is 22. The summed E-state index contributed by atoms with van der Waals surface area (Å²) in [6.07, 6.45) is 25.6. The van der Waals surface area contributed by atoms with Gasteiger partial charge in [-0.05, 0) is 30.7 Å². The molecule has 0 heterocycles. The number of anilines is 1. The SMILES string of the molecule is CCCCCCCCCCCCCCCCCCCCOc1ccc(NC(=O)CC)cc1. The number of ether oxygens (including phenoxy) is 1. The van der Waals surface area contributed by atoms with Crippen molar-refractivity contribution in [2.75, 3.05) is 11.9 Å². The van der Waals surface area contributed by atoms with Crippen LogP contribution in [0.1, 0.15) is 136 Å². The van der Waals surface area contributed by atoms with E-state index >= 15 is 0 Å². The first-order valence-electron chi connectivity index (χ1n) is 13.8. The average molecular weight is 446 g/mol. The molecule has 3 heteroatoms. The van der Waals surface area contributed by atoms with Crippen LogP contribution < -0.4 is 10.1 Å². The summed E-state index contributed by atoms with van der Waals surface area (Å²) < 4.78 is 5.81. The summed E-state index contributed by atoms with van der Waals surface area (Å²) in [6.45, 7) is 4.92. The zero-order valence-corrected chi connectivity index (χ0v) is 21.3. The van der Waals surface area contributed by atoms with E-state index in [2.05, 4.69) is 12.2 Å². The molecular formula is C29H51NO2. The Morgan fingerprint density at radius 1 is 0.625 bits per heavy atom. The highest BCUT2D eigenvalue weighted by atomic mass is 16.5. The summed E-state index contributed by atoms with van der Waals surface area (Å²) >= 11 is 0. The van der Waals surface area contributed by atoms with E-state index in [0.717, 1.165) is 24.5 Å². The number of hydrogen-bond acceptors (Lipinski definition) is 2. The topological polar surface area (TPSA) is 38.3 Å². The summed E-state index contributed by atoms with van der Waals surface area (Å²) in [4.78, 5) is 11.4. The molecule has 0 saturated heterocycles. The van der Waals surface area contributed by atoms with E-state index in [0.29, 0.717) is 6.42 Å². The molecule has 1 N–H and O–H groups in total. The lowest BCUT2D eigenvalue weighted by Crippen LogP contribution is -2.09. The summed E-state index contributed by atoms with van der Waals surface area (Å²) in [5, 5.41) is 2.85. The van der Waals surface area contributed by atoms with Crippen LogP contribution in [0.4, 0.5) is 5.69 Å². The van der Waals surface area contributed by atoms with Gasteiger partial charge in [-0.1, -0.05) is 123 Å². The van der Waals surface area contributed by atoms with Crippen LogP contribution >= 0.6 is 0 Å². The molecule has 0 fully saturated rings. The highest BCUT2D eigenvalue weighted by Crippen LogP contribution is 2.17. The standard InChI is InChI=1S/C29H51NO2/c1-3-5-6-7-8-9-10-11-12-13-14-15-16-17-18-19-20-21-26-32-28-24-22-27(23-25-28)30-29(31)4-2/h22-25H,3-21,26H2,1-2H3,(H,30,31). The zero-order valence-electron chi connectivity index (χ0n) is 21.3. The highest BCUT2D eigenvalue weighted by Gasteiger charge is 2.00. The first kappa shape index (κ1) is 28.5. The number of carbonyl (C=O) groups excluding carboxylic acids is 1. The van der Waals surface area contributed by atoms with E-state index in [1.165, 1.54) is 109 Å². The van der Waals surface area contributed by atoms with Crippen molar-refractivity contribution < 1.29 is 9.53 Å². The molecule has 32 heavy (non-hydrogen) atoms. The normalized spacial score (nSPS) is 10.9. The average Bonchev–Trinajstić information content (AvgIpc) is 2.81. The third kappa shape index (κ3) is 17.1. The van der Waals surface area contributed by atoms with E-state index in [4.69, 9.17) is 4.74 Å². The summed E-state index contributed by atoms with van der Waals surface area (Å²) in [5.41, 5.74) is 0.831. The lowest BCUT2D eigenvalue weighted by atomic mass is 10.0. The molecule has 184 valence electrons. The molecule has 0 radical (unpaired) electrons. The Morgan fingerprint density at radius 2 is 1.03 bits per heavy atom. The van der Waals surface area contributed by atoms with Crippen molar-refractivity contribution in [2.24, 2.45) is 0 Å². The van der Waals surface area contributed by atoms with Crippen molar-refractivity contribution >= 4 is 11.6 Å². The minimum Gasteiger partial charge on any atom is -0.494 e. The van der Waals surface area contributed by atoms with Gasteiger partial charge < -0.3 is 10.1 Å². The number of nitrogens with one attached hydrogen (secondary N) is 1. The van der Waals surface area contributed by atoms with Crippen molar-refractivity contribution in [3.8, 4) is 5.75 Å². The molecule has 0 aromatic heterocycles. The summed E-state index contributed by atoms with van der Waals surface area (Å²) in [6, 6.07) is 7.66. The van der Waals surface area contributed by atoms with Gasteiger partial charge in [0.1, 0.15) is 5.75 Å². The number of benzene rings is 1. The van der Waals surface area contributed by atoms with Crippen LogP contribution in [0.25, 0.3) is 0 Å². The smallest absolute Gasteiger partial charge is 0.224 e. The van der Waals surface area contributed by atoms with Crippen LogP contribution in [0.5, 0.6) is 5.75 Å². The van der Waals surface area contributed by atoms with E-state index in [-0.39, 0.29) is 5.91 Å². The molecule has 1 aromatic rings. The lowest BCUT2D eigenvalue weighted by molar-refractivity contribution is -0.115. The number of carbonyl (C=O) groups is 1. The largest absolute Gasteiger partial charge is 0.494 e. The molecule has 0 atom stereocenters. The van der Waals surface area contributed by atoms with Gasteiger partial charge >= 0.3 is 0 Å². The first-order valence-corrected chi connectivity index (χ1v) is 13.8. The third-order valence-electron chi connectivity index (χ3n) is 6.23. The molecule has 1 aromatic carbocycles. The molecule has 0 bridgehead atoms. The van der Waals surface area contributed by atoms with Gasteiger partial charge in [-0.15, -0.1) is 0 Å². The van der Waals surface area contributed by atoms with Gasteiger partial charge in [0.15, 0.2) is 0 Å². The van der Waals surface area contributed by atoms with Gasteiger partial charge in [-0.2, -0.15) is 0 Å².